The van der Waals surface area contributed by atoms with Gasteiger partial charge in [-0.2, -0.15) is 0 Å². The van der Waals surface area contributed by atoms with Crippen LogP contribution in [0.1, 0.15) is 81.8 Å². The zero-order chi connectivity index (χ0) is 29.5. The molecule has 0 saturated carbocycles. The topological polar surface area (TPSA) is 57.5 Å². The number of hydrogen-bond acceptors (Lipinski definition) is 4. The monoisotopic (exact) mass is 587 g/mol. The number of para-hydroxylation sites is 1. The predicted octanol–water partition coefficient (Wildman–Crippen LogP) is 9.41. The Labute approximate surface area is 252 Å². The Bertz CT molecular complexity index is 1470. The van der Waals surface area contributed by atoms with E-state index in [0.717, 1.165) is 43.4 Å². The summed E-state index contributed by atoms with van der Waals surface area (Å²) in [5, 5.41) is 0.936. The van der Waals surface area contributed by atoms with Crippen LogP contribution in [0.4, 0.5) is 0 Å². The molecule has 0 amide bonds. The van der Waals surface area contributed by atoms with Crippen molar-refractivity contribution in [2.45, 2.75) is 82.1 Å². The van der Waals surface area contributed by atoms with Crippen LogP contribution in [0.15, 0.2) is 96.0 Å². The van der Waals surface area contributed by atoms with Crippen molar-refractivity contribution in [2.75, 3.05) is 13.7 Å². The number of methoxy groups -OCH3 is 1. The molecule has 0 fully saturated rings. The Balaban J connectivity index is 1.10. The van der Waals surface area contributed by atoms with Crippen molar-refractivity contribution in [3.8, 4) is 5.75 Å². The van der Waals surface area contributed by atoms with E-state index in [9.17, 15) is 8.42 Å². The Morgan fingerprint density at radius 2 is 1.33 bits per heavy atom. The molecule has 1 heterocycles. The highest BCUT2D eigenvalue weighted by atomic mass is 32.2. The first-order chi connectivity index (χ1) is 20.6. The molecule has 0 radical (unpaired) electrons. The molecule has 0 unspecified atom stereocenters. The summed E-state index contributed by atoms with van der Waals surface area (Å²) in [5.41, 5.74) is 2.85. The molecule has 4 rings (SSSR count). The van der Waals surface area contributed by atoms with E-state index in [1.165, 1.54) is 60.9 Å². The van der Waals surface area contributed by atoms with Crippen LogP contribution in [-0.4, -0.2) is 26.1 Å². The third kappa shape index (κ3) is 9.33. The lowest BCUT2D eigenvalue weighted by Crippen LogP contribution is -2.11. The summed E-state index contributed by atoms with van der Waals surface area (Å²) in [6.07, 6.45) is 19.6. The van der Waals surface area contributed by atoms with Gasteiger partial charge in [0, 0.05) is 23.8 Å². The van der Waals surface area contributed by atoms with Gasteiger partial charge in [-0.15, -0.1) is 0 Å². The highest BCUT2D eigenvalue weighted by Gasteiger charge is 2.20. The van der Waals surface area contributed by atoms with Crippen LogP contribution in [0.5, 0.6) is 5.75 Å². The molecule has 0 aliphatic carbocycles. The minimum absolute atomic E-state index is 0.240. The van der Waals surface area contributed by atoms with Crippen LogP contribution in [-0.2, 0) is 21.4 Å². The fourth-order valence-electron chi connectivity index (χ4n) is 5.22. The van der Waals surface area contributed by atoms with Crippen molar-refractivity contribution in [2.24, 2.45) is 0 Å². The van der Waals surface area contributed by atoms with Gasteiger partial charge in [-0.3, -0.25) is 0 Å². The number of aromatic nitrogens is 1. The maximum Gasteiger partial charge on any atom is 0.268 e. The summed E-state index contributed by atoms with van der Waals surface area (Å²) in [5.74, 6) is 0.627. The highest BCUT2D eigenvalue weighted by molar-refractivity contribution is 7.90. The molecule has 4 aromatic rings. The number of ether oxygens (including phenoxy) is 2. The summed E-state index contributed by atoms with van der Waals surface area (Å²) >= 11 is 0. The first-order valence-electron chi connectivity index (χ1n) is 15.4. The number of benzene rings is 3. The summed E-state index contributed by atoms with van der Waals surface area (Å²) in [6.45, 7) is 1.57. The van der Waals surface area contributed by atoms with E-state index in [1.807, 2.05) is 30.3 Å². The maximum atomic E-state index is 13.4. The SMILES string of the molecule is COc1ccc(S(=O)(=O)n2cc(/C=C\CCCCCCCCCCCCOCc3ccccc3)c3ccccc32)cc1. The third-order valence-electron chi connectivity index (χ3n) is 7.64. The molecule has 0 aliphatic heterocycles. The fourth-order valence-corrected chi connectivity index (χ4v) is 6.60. The lowest BCUT2D eigenvalue weighted by atomic mass is 10.1. The molecule has 1 aromatic heterocycles. The zero-order valence-corrected chi connectivity index (χ0v) is 25.7. The van der Waals surface area contributed by atoms with Gasteiger partial charge in [0.1, 0.15) is 5.75 Å². The molecular weight excluding hydrogens is 542 g/mol. The summed E-state index contributed by atoms with van der Waals surface area (Å²) in [4.78, 5) is 0.240. The molecule has 42 heavy (non-hydrogen) atoms. The highest BCUT2D eigenvalue weighted by Crippen LogP contribution is 2.28. The van der Waals surface area contributed by atoms with E-state index in [0.29, 0.717) is 11.3 Å². The first kappa shape index (κ1) is 31.6. The standard InChI is InChI=1S/C36H45NO4S/c1-40-33-24-26-34(27-25-33)42(38,39)37-29-32(35-22-16-17-23-36(35)37)21-15-10-8-6-4-2-3-5-7-9-11-18-28-41-30-31-19-13-12-14-20-31/h12-17,19-27,29H,2-11,18,28,30H2,1H3/b21-15-. The van der Waals surface area contributed by atoms with Gasteiger partial charge in [-0.1, -0.05) is 112 Å². The Morgan fingerprint density at radius 3 is 2.02 bits per heavy atom. The second-order valence-corrected chi connectivity index (χ2v) is 12.7. The number of hydrogen-bond donors (Lipinski definition) is 0. The van der Waals surface area contributed by atoms with Crippen LogP contribution in [0.3, 0.4) is 0 Å². The van der Waals surface area contributed by atoms with Crippen LogP contribution in [0, 0.1) is 0 Å². The number of fused-ring (bicyclic) bond motifs is 1. The molecule has 0 aliphatic rings. The van der Waals surface area contributed by atoms with E-state index in [2.05, 4.69) is 36.4 Å². The Kier molecular flexibility index (Phi) is 12.7. The fraction of sp³-hybridized carbons (Fsp3) is 0.389. The summed E-state index contributed by atoms with van der Waals surface area (Å²) in [6, 6.07) is 24.5. The van der Waals surface area contributed by atoms with E-state index >= 15 is 0 Å². The minimum atomic E-state index is -3.72. The van der Waals surface area contributed by atoms with Crippen molar-refractivity contribution in [1.82, 2.24) is 3.97 Å². The predicted molar refractivity (Wildman–Crippen MR) is 173 cm³/mol. The van der Waals surface area contributed by atoms with Crippen LogP contribution >= 0.6 is 0 Å². The average molecular weight is 588 g/mol. The van der Waals surface area contributed by atoms with Crippen molar-refractivity contribution in [1.29, 1.82) is 0 Å². The van der Waals surface area contributed by atoms with Crippen LogP contribution < -0.4 is 4.74 Å². The molecule has 0 spiro atoms. The lowest BCUT2D eigenvalue weighted by molar-refractivity contribution is 0.116. The molecular formula is C36H45NO4S. The smallest absolute Gasteiger partial charge is 0.268 e. The van der Waals surface area contributed by atoms with Gasteiger partial charge in [-0.05, 0) is 55.2 Å². The van der Waals surface area contributed by atoms with E-state index in [4.69, 9.17) is 9.47 Å². The normalized spacial score (nSPS) is 11.9. The number of unbranched alkanes of at least 4 members (excludes halogenated alkanes) is 10. The summed E-state index contributed by atoms with van der Waals surface area (Å²) in [7, 11) is -2.15. The third-order valence-corrected chi connectivity index (χ3v) is 9.33. The van der Waals surface area contributed by atoms with Crippen molar-refractivity contribution < 1.29 is 17.9 Å². The summed E-state index contributed by atoms with van der Waals surface area (Å²) < 4.78 is 39.2. The molecule has 0 N–H and O–H groups in total. The van der Waals surface area contributed by atoms with E-state index in [1.54, 1.807) is 37.6 Å². The van der Waals surface area contributed by atoms with Gasteiger partial charge in [0.25, 0.3) is 10.0 Å². The zero-order valence-electron chi connectivity index (χ0n) is 24.9. The molecule has 0 atom stereocenters. The second-order valence-electron chi connectivity index (χ2n) is 10.8. The number of allylic oxidation sites excluding steroid dienone is 1. The molecule has 5 nitrogen and oxygen atoms in total. The Hall–Kier alpha value is -3.35. The van der Waals surface area contributed by atoms with Crippen LogP contribution in [0.2, 0.25) is 0 Å². The van der Waals surface area contributed by atoms with Gasteiger partial charge in [-0.25, -0.2) is 12.4 Å². The minimum Gasteiger partial charge on any atom is -0.497 e. The van der Waals surface area contributed by atoms with Gasteiger partial charge in [0.2, 0.25) is 0 Å². The second kappa shape index (κ2) is 16.9. The van der Waals surface area contributed by atoms with Crippen molar-refractivity contribution in [3.05, 3.63) is 102 Å². The average Bonchev–Trinajstić information content (AvgIpc) is 3.41. The van der Waals surface area contributed by atoms with E-state index < -0.39 is 10.0 Å². The number of rotatable bonds is 19. The molecule has 3 aromatic carbocycles. The van der Waals surface area contributed by atoms with Gasteiger partial charge in [0.05, 0.1) is 24.1 Å². The molecule has 0 bridgehead atoms. The van der Waals surface area contributed by atoms with E-state index in [-0.39, 0.29) is 4.90 Å². The van der Waals surface area contributed by atoms with Crippen molar-refractivity contribution >= 4 is 27.0 Å². The molecule has 6 heteroatoms. The van der Waals surface area contributed by atoms with Gasteiger partial charge < -0.3 is 9.47 Å². The van der Waals surface area contributed by atoms with Gasteiger partial charge >= 0.3 is 0 Å². The molecule has 224 valence electrons. The van der Waals surface area contributed by atoms with Crippen molar-refractivity contribution in [3.63, 3.8) is 0 Å². The lowest BCUT2D eigenvalue weighted by Gasteiger charge is -2.08. The van der Waals surface area contributed by atoms with Crippen LogP contribution in [0.25, 0.3) is 17.0 Å². The van der Waals surface area contributed by atoms with Gasteiger partial charge in [0.15, 0.2) is 0 Å². The Morgan fingerprint density at radius 1 is 0.714 bits per heavy atom. The molecule has 0 saturated heterocycles. The largest absolute Gasteiger partial charge is 0.497 e. The number of nitrogens with zero attached hydrogens (tertiary/aromatic N) is 1. The quantitative estimate of drug-likeness (QED) is 0.103. The maximum absolute atomic E-state index is 13.4. The first-order valence-corrected chi connectivity index (χ1v) is 16.8.